The Morgan fingerprint density at radius 3 is 1.88 bits per heavy atom. The van der Waals surface area contributed by atoms with Crippen molar-refractivity contribution >= 4 is 5.82 Å². The molecule has 0 amide bonds. The fourth-order valence-corrected chi connectivity index (χ4v) is 0.818. The van der Waals surface area contributed by atoms with Gasteiger partial charge in [0.25, 0.3) is 0 Å². The van der Waals surface area contributed by atoms with Gasteiger partial charge in [-0.1, -0.05) is 0 Å². The molecule has 0 aliphatic carbocycles. The van der Waals surface area contributed by atoms with Gasteiger partial charge in [-0.15, -0.1) is 10.3 Å². The maximum atomic E-state index is 10.3. The van der Waals surface area contributed by atoms with Gasteiger partial charge in [-0.2, -0.15) is 0 Å². The SMILES string of the molecule is NN.O=[N+]([O-])c1n[nH]nc1C([N+](=O)[O-])[N+](=O)[O-]. The monoisotopic (exact) mass is 250 g/mol. The number of hydrazine groups is 1. The summed E-state index contributed by atoms with van der Waals surface area (Å²) in [6.07, 6.45) is -2.50. The highest BCUT2D eigenvalue weighted by atomic mass is 16.7. The summed E-state index contributed by atoms with van der Waals surface area (Å²) in [7, 11) is 0. The van der Waals surface area contributed by atoms with E-state index in [-0.39, 0.29) is 0 Å². The number of hydrogen-bond acceptors (Lipinski definition) is 10. The zero-order chi connectivity index (χ0) is 13.6. The fourth-order valence-electron chi connectivity index (χ4n) is 0.818. The fraction of sp³-hybridized carbons (Fsp3) is 0.333. The molecular weight excluding hydrogens is 244 g/mol. The molecule has 1 rings (SSSR count). The van der Waals surface area contributed by atoms with Crippen molar-refractivity contribution in [3.8, 4) is 0 Å². The van der Waals surface area contributed by atoms with Crippen LogP contribution < -0.4 is 11.7 Å². The molecule has 0 aliphatic rings. The number of nitrogens with two attached hydrogens (primary N) is 2. The van der Waals surface area contributed by atoms with E-state index in [2.05, 4.69) is 21.9 Å². The van der Waals surface area contributed by atoms with Crippen molar-refractivity contribution in [1.29, 1.82) is 0 Å². The minimum atomic E-state index is -2.50. The van der Waals surface area contributed by atoms with Crippen LogP contribution in [0.5, 0.6) is 0 Å². The van der Waals surface area contributed by atoms with Crippen LogP contribution in [0.25, 0.3) is 0 Å². The second-order valence-corrected chi connectivity index (χ2v) is 2.23. The van der Waals surface area contributed by atoms with Crippen molar-refractivity contribution in [3.63, 3.8) is 0 Å². The Labute approximate surface area is 91.0 Å². The molecule has 0 aliphatic heterocycles. The van der Waals surface area contributed by atoms with E-state index in [0.717, 1.165) is 0 Å². The van der Waals surface area contributed by atoms with E-state index in [1.807, 2.05) is 0 Å². The number of rotatable bonds is 4. The molecule has 0 saturated heterocycles. The van der Waals surface area contributed by atoms with Gasteiger partial charge in [-0.3, -0.25) is 31.9 Å². The molecule has 1 aromatic heterocycles. The van der Waals surface area contributed by atoms with Crippen LogP contribution in [0.15, 0.2) is 0 Å². The van der Waals surface area contributed by atoms with Crippen LogP contribution in [0, 0.1) is 30.3 Å². The summed E-state index contributed by atoms with van der Waals surface area (Å²) in [4.78, 5) is 27.1. The Morgan fingerprint density at radius 2 is 1.53 bits per heavy atom. The van der Waals surface area contributed by atoms with E-state index < -0.39 is 32.4 Å². The third-order valence-corrected chi connectivity index (χ3v) is 1.37. The molecule has 5 N–H and O–H groups in total. The van der Waals surface area contributed by atoms with Gasteiger partial charge in [-0.05, 0) is 4.92 Å². The molecule has 17 heavy (non-hydrogen) atoms. The quantitative estimate of drug-likeness (QED) is 0.232. The zero-order valence-corrected chi connectivity index (χ0v) is 7.92. The minimum Gasteiger partial charge on any atom is -0.358 e. The number of nitrogens with one attached hydrogen (secondary N) is 1. The van der Waals surface area contributed by atoms with Gasteiger partial charge in [0.05, 0.1) is 5.10 Å². The van der Waals surface area contributed by atoms with Gasteiger partial charge >= 0.3 is 17.7 Å². The molecule has 0 atom stereocenters. The first kappa shape index (κ1) is 14.3. The summed E-state index contributed by atoms with van der Waals surface area (Å²) in [5, 5.41) is 38.5. The Morgan fingerprint density at radius 1 is 1.06 bits per heavy atom. The summed E-state index contributed by atoms with van der Waals surface area (Å²) in [5.74, 6) is 6.97. The third kappa shape index (κ3) is 3.11. The molecular formula is C3H6N8O6. The van der Waals surface area contributed by atoms with E-state index in [4.69, 9.17) is 0 Å². The van der Waals surface area contributed by atoms with Crippen LogP contribution in [-0.4, -0.2) is 30.2 Å². The average molecular weight is 250 g/mol. The zero-order valence-electron chi connectivity index (χ0n) is 7.92. The smallest absolute Gasteiger partial charge is 0.358 e. The molecule has 1 aromatic rings. The van der Waals surface area contributed by atoms with Crippen molar-refractivity contribution in [2.75, 3.05) is 0 Å². The molecule has 0 saturated carbocycles. The standard InChI is InChI=1S/C3H2N6O6.H4N2/c10-7(11)2-1(4-6-5-2)3(8(12)13)9(14)15;1-2/h3H,(H,4,5,6);1-2H2. The highest BCUT2D eigenvalue weighted by molar-refractivity contribution is 5.23. The van der Waals surface area contributed by atoms with Crippen molar-refractivity contribution in [2.24, 2.45) is 11.7 Å². The number of aromatic nitrogens is 3. The van der Waals surface area contributed by atoms with Crippen LogP contribution in [0.1, 0.15) is 11.9 Å². The summed E-state index contributed by atoms with van der Waals surface area (Å²) < 4.78 is 0. The Hall–Kier alpha value is -2.74. The topological polar surface area (TPSA) is 223 Å². The Bertz CT molecular complexity index is 413. The first-order chi connectivity index (χ1) is 7.95. The lowest BCUT2D eigenvalue weighted by atomic mass is 10.3. The first-order valence-electron chi connectivity index (χ1n) is 3.60. The number of aromatic amines is 1. The van der Waals surface area contributed by atoms with E-state index in [0.29, 0.717) is 0 Å². The largest absolute Gasteiger partial charge is 0.503 e. The van der Waals surface area contributed by atoms with Crippen molar-refractivity contribution < 1.29 is 14.8 Å². The van der Waals surface area contributed by atoms with Gasteiger partial charge in [0.2, 0.25) is 0 Å². The van der Waals surface area contributed by atoms with Crippen LogP contribution in [0.2, 0.25) is 0 Å². The van der Waals surface area contributed by atoms with Gasteiger partial charge < -0.3 is 10.1 Å². The van der Waals surface area contributed by atoms with Crippen LogP contribution in [0.3, 0.4) is 0 Å². The van der Waals surface area contributed by atoms with Crippen molar-refractivity contribution in [3.05, 3.63) is 36.0 Å². The number of nitro groups is 3. The maximum absolute atomic E-state index is 10.3. The predicted octanol–water partition coefficient (Wildman–Crippen LogP) is -1.92. The second-order valence-electron chi connectivity index (χ2n) is 2.23. The lowest BCUT2D eigenvalue weighted by Gasteiger charge is -1.96. The Kier molecular flexibility index (Phi) is 5.01. The molecule has 0 aromatic carbocycles. The predicted molar refractivity (Wildman–Crippen MR) is 48.1 cm³/mol. The minimum absolute atomic E-state index is 0.935. The Balaban J connectivity index is 0.00000121. The molecule has 0 fully saturated rings. The van der Waals surface area contributed by atoms with E-state index in [1.165, 1.54) is 0 Å². The second kappa shape index (κ2) is 5.98. The maximum Gasteiger partial charge on any atom is 0.503 e. The number of nitrogens with zero attached hydrogens (tertiary/aromatic N) is 5. The molecule has 14 nitrogen and oxygen atoms in total. The average Bonchev–Trinajstić information content (AvgIpc) is 2.68. The van der Waals surface area contributed by atoms with Crippen LogP contribution in [0.4, 0.5) is 5.82 Å². The summed E-state index contributed by atoms with van der Waals surface area (Å²) in [6, 6.07) is 0. The lowest BCUT2D eigenvalue weighted by Crippen LogP contribution is -2.21. The third-order valence-electron chi connectivity index (χ3n) is 1.37. The highest BCUT2D eigenvalue weighted by Gasteiger charge is 2.45. The molecule has 0 radical (unpaired) electrons. The first-order valence-corrected chi connectivity index (χ1v) is 3.60. The molecule has 1 heterocycles. The van der Waals surface area contributed by atoms with Crippen LogP contribution in [-0.2, 0) is 0 Å². The van der Waals surface area contributed by atoms with Crippen molar-refractivity contribution in [2.45, 2.75) is 6.17 Å². The normalized spacial score (nSPS) is 9.35. The summed E-state index contributed by atoms with van der Waals surface area (Å²) in [5.41, 5.74) is -0.935. The van der Waals surface area contributed by atoms with Gasteiger partial charge in [0.15, 0.2) is 0 Å². The van der Waals surface area contributed by atoms with Crippen LogP contribution >= 0.6 is 0 Å². The lowest BCUT2D eigenvalue weighted by molar-refractivity contribution is -0.753. The van der Waals surface area contributed by atoms with E-state index >= 15 is 0 Å². The van der Waals surface area contributed by atoms with Gasteiger partial charge in [0.1, 0.15) is 9.85 Å². The highest BCUT2D eigenvalue weighted by Crippen LogP contribution is 2.22. The van der Waals surface area contributed by atoms with E-state index in [9.17, 15) is 30.3 Å². The molecule has 14 heteroatoms. The van der Waals surface area contributed by atoms with Crippen molar-refractivity contribution in [1.82, 2.24) is 15.4 Å². The summed E-state index contributed by atoms with van der Waals surface area (Å²) in [6.45, 7) is 0. The number of hydrogen-bond donors (Lipinski definition) is 3. The molecule has 0 spiro atoms. The van der Waals surface area contributed by atoms with Gasteiger partial charge in [0, 0.05) is 0 Å². The number of H-pyrrole nitrogens is 1. The molecule has 94 valence electrons. The molecule has 0 unspecified atom stereocenters. The van der Waals surface area contributed by atoms with Gasteiger partial charge in [-0.25, -0.2) is 0 Å². The van der Waals surface area contributed by atoms with E-state index in [1.54, 1.807) is 5.21 Å². The molecule has 0 bridgehead atoms. The summed E-state index contributed by atoms with van der Waals surface area (Å²) >= 11 is 0.